The number of nitrogens with one attached hydrogen (secondary N) is 1. The maximum atomic E-state index is 13.2. The molecule has 9 nitrogen and oxygen atoms in total. The minimum absolute atomic E-state index is 0.0831. The SMILES string of the molecule is CCc1c(Cl)ccc(S(=O)(=O)O)c1N=Nc1c(O)c(C(=O)Nc2cc(Cl)cc(OC)c2)cc2ccccc12. The van der Waals surface area contributed by atoms with Gasteiger partial charge in [-0.15, -0.1) is 10.2 Å². The number of aromatic hydroxyl groups is 1. The summed E-state index contributed by atoms with van der Waals surface area (Å²) in [6.07, 6.45) is 0.287. The van der Waals surface area contributed by atoms with Crippen LogP contribution in [0.3, 0.4) is 0 Å². The van der Waals surface area contributed by atoms with Gasteiger partial charge in [-0.2, -0.15) is 8.42 Å². The molecule has 12 heteroatoms. The molecule has 0 radical (unpaired) electrons. The van der Waals surface area contributed by atoms with Gasteiger partial charge >= 0.3 is 0 Å². The molecule has 0 fully saturated rings. The van der Waals surface area contributed by atoms with Crippen molar-refractivity contribution >= 4 is 67.1 Å². The second-order valence-electron chi connectivity index (χ2n) is 8.08. The number of carbonyl (C=O) groups is 1. The highest BCUT2D eigenvalue weighted by Gasteiger charge is 2.22. The quantitative estimate of drug-likeness (QED) is 0.156. The van der Waals surface area contributed by atoms with Crippen molar-refractivity contribution in [2.75, 3.05) is 12.4 Å². The smallest absolute Gasteiger partial charge is 0.296 e. The molecule has 196 valence electrons. The molecule has 1 amide bonds. The molecule has 0 heterocycles. The summed E-state index contributed by atoms with van der Waals surface area (Å²) in [6, 6.07) is 15.4. The van der Waals surface area contributed by atoms with Crippen molar-refractivity contribution < 1.29 is 27.6 Å². The van der Waals surface area contributed by atoms with E-state index in [2.05, 4.69) is 15.5 Å². The largest absolute Gasteiger partial charge is 0.505 e. The Bertz CT molecular complexity index is 1710. The number of anilines is 1. The van der Waals surface area contributed by atoms with E-state index in [9.17, 15) is 22.9 Å². The lowest BCUT2D eigenvalue weighted by Crippen LogP contribution is -2.12. The Morgan fingerprint density at radius 1 is 1.03 bits per heavy atom. The Kier molecular flexibility index (Phi) is 7.89. The second kappa shape index (κ2) is 11.0. The molecule has 38 heavy (non-hydrogen) atoms. The number of rotatable bonds is 7. The number of carbonyl (C=O) groups excluding carboxylic acids is 1. The summed E-state index contributed by atoms with van der Waals surface area (Å²) >= 11 is 12.3. The first-order valence-electron chi connectivity index (χ1n) is 11.1. The average Bonchev–Trinajstić information content (AvgIpc) is 2.86. The van der Waals surface area contributed by atoms with Gasteiger partial charge in [-0.1, -0.05) is 54.4 Å². The van der Waals surface area contributed by atoms with E-state index in [0.717, 1.165) is 6.07 Å². The maximum absolute atomic E-state index is 13.2. The molecule has 0 aliphatic heterocycles. The number of phenols is 1. The molecule has 0 atom stereocenters. The Balaban J connectivity index is 1.86. The molecule has 0 saturated carbocycles. The zero-order valence-corrected chi connectivity index (χ0v) is 22.4. The zero-order chi connectivity index (χ0) is 27.6. The van der Waals surface area contributed by atoms with Crippen LogP contribution in [0.15, 0.2) is 75.8 Å². The summed E-state index contributed by atoms with van der Waals surface area (Å²) in [5, 5.41) is 23.6. The van der Waals surface area contributed by atoms with Crippen molar-refractivity contribution in [2.24, 2.45) is 10.2 Å². The molecule has 3 N–H and O–H groups in total. The highest BCUT2D eigenvalue weighted by Crippen LogP contribution is 2.41. The number of benzene rings is 4. The second-order valence-corrected chi connectivity index (χ2v) is 10.3. The number of hydrogen-bond donors (Lipinski definition) is 3. The lowest BCUT2D eigenvalue weighted by molar-refractivity contribution is 0.102. The first-order chi connectivity index (χ1) is 18.0. The third kappa shape index (κ3) is 5.58. The van der Waals surface area contributed by atoms with Gasteiger partial charge in [0, 0.05) is 27.2 Å². The lowest BCUT2D eigenvalue weighted by Gasteiger charge is -2.13. The summed E-state index contributed by atoms with van der Waals surface area (Å²) < 4.78 is 38.9. The van der Waals surface area contributed by atoms with Crippen LogP contribution in [0, 0.1) is 0 Å². The van der Waals surface area contributed by atoms with Crippen LogP contribution in [0.2, 0.25) is 10.0 Å². The third-order valence-corrected chi connectivity index (χ3v) is 7.13. The van der Waals surface area contributed by atoms with E-state index in [1.54, 1.807) is 43.3 Å². The van der Waals surface area contributed by atoms with Gasteiger partial charge in [0.1, 0.15) is 22.0 Å². The molecule has 4 aromatic rings. The molecule has 0 aliphatic carbocycles. The molecule has 0 aliphatic rings. The summed E-state index contributed by atoms with van der Waals surface area (Å²) in [4.78, 5) is 12.7. The van der Waals surface area contributed by atoms with E-state index < -0.39 is 26.7 Å². The van der Waals surface area contributed by atoms with Gasteiger partial charge in [0.15, 0.2) is 5.75 Å². The van der Waals surface area contributed by atoms with E-state index in [-0.39, 0.29) is 28.4 Å². The molecule has 0 unspecified atom stereocenters. The van der Waals surface area contributed by atoms with Crippen molar-refractivity contribution in [3.63, 3.8) is 0 Å². The molecule has 0 spiro atoms. The molecule has 0 saturated heterocycles. The standard InChI is InChI=1S/C26H21Cl2N3O6S/c1-3-18-21(28)8-9-22(38(34,35)36)23(18)30-31-24-19-7-5-4-6-14(19)10-20(25(24)32)26(33)29-16-11-15(27)12-17(13-16)37-2/h4-13,32H,3H2,1-2H3,(H,29,33)(H,34,35,36). The van der Waals surface area contributed by atoms with Crippen LogP contribution in [0.4, 0.5) is 17.1 Å². The normalized spacial score (nSPS) is 11.7. The predicted molar refractivity (Wildman–Crippen MR) is 146 cm³/mol. The first-order valence-corrected chi connectivity index (χ1v) is 13.3. The van der Waals surface area contributed by atoms with Gasteiger partial charge in [-0.3, -0.25) is 9.35 Å². The highest BCUT2D eigenvalue weighted by molar-refractivity contribution is 7.86. The van der Waals surface area contributed by atoms with E-state index in [4.69, 9.17) is 27.9 Å². The molecule has 4 aromatic carbocycles. The average molecular weight is 574 g/mol. The number of ether oxygens (including phenoxy) is 1. The van der Waals surface area contributed by atoms with E-state index in [1.807, 2.05) is 0 Å². The van der Waals surface area contributed by atoms with Gasteiger partial charge in [-0.25, -0.2) is 0 Å². The topological polar surface area (TPSA) is 138 Å². The van der Waals surface area contributed by atoms with Gasteiger partial charge in [-0.05, 0) is 47.7 Å². The van der Waals surface area contributed by atoms with Gasteiger partial charge in [0.25, 0.3) is 16.0 Å². The summed E-state index contributed by atoms with van der Waals surface area (Å²) in [7, 11) is -3.21. The summed E-state index contributed by atoms with van der Waals surface area (Å²) in [6.45, 7) is 1.73. The number of azo groups is 1. The molecule has 0 aromatic heterocycles. The van der Waals surface area contributed by atoms with Gasteiger partial charge in [0.05, 0.1) is 12.7 Å². The minimum atomic E-state index is -4.67. The Labute approximate surface area is 228 Å². The van der Waals surface area contributed by atoms with E-state index in [0.29, 0.717) is 32.8 Å². The fourth-order valence-electron chi connectivity index (χ4n) is 3.89. The molecule has 0 bridgehead atoms. The number of amides is 1. The van der Waals surface area contributed by atoms with Gasteiger partial charge in [0.2, 0.25) is 0 Å². The zero-order valence-electron chi connectivity index (χ0n) is 20.1. The lowest BCUT2D eigenvalue weighted by atomic mass is 10.0. The molecule has 4 rings (SSSR count). The van der Waals surface area contributed by atoms with Crippen molar-refractivity contribution in [2.45, 2.75) is 18.2 Å². The Hall–Kier alpha value is -3.70. The minimum Gasteiger partial charge on any atom is -0.505 e. The van der Waals surface area contributed by atoms with E-state index in [1.165, 1.54) is 25.3 Å². The number of fused-ring (bicyclic) bond motifs is 1. The first kappa shape index (κ1) is 27.3. The van der Waals surface area contributed by atoms with Crippen LogP contribution in [0.25, 0.3) is 10.8 Å². The summed E-state index contributed by atoms with van der Waals surface area (Å²) in [5.74, 6) is -0.731. The van der Waals surface area contributed by atoms with Crippen molar-refractivity contribution in [3.05, 3.63) is 81.8 Å². The predicted octanol–water partition coefficient (Wildman–Crippen LogP) is 7.34. The van der Waals surface area contributed by atoms with Crippen LogP contribution >= 0.6 is 23.2 Å². The van der Waals surface area contributed by atoms with Crippen molar-refractivity contribution in [1.82, 2.24) is 0 Å². The number of methoxy groups -OCH3 is 1. The Morgan fingerprint density at radius 2 is 1.74 bits per heavy atom. The summed E-state index contributed by atoms with van der Waals surface area (Å²) in [5.41, 5.74) is 0.290. The van der Waals surface area contributed by atoms with Crippen LogP contribution in [0.1, 0.15) is 22.8 Å². The Morgan fingerprint density at radius 3 is 2.42 bits per heavy atom. The fourth-order valence-corrected chi connectivity index (χ4v) is 5.05. The van der Waals surface area contributed by atoms with Crippen LogP contribution in [-0.2, 0) is 16.5 Å². The molecular formula is C26H21Cl2N3O6S. The maximum Gasteiger partial charge on any atom is 0.296 e. The van der Waals surface area contributed by atoms with Crippen molar-refractivity contribution in [3.8, 4) is 11.5 Å². The number of nitrogens with zero attached hydrogens (tertiary/aromatic N) is 2. The molecular weight excluding hydrogens is 553 g/mol. The van der Waals surface area contributed by atoms with E-state index >= 15 is 0 Å². The van der Waals surface area contributed by atoms with Gasteiger partial charge < -0.3 is 15.2 Å². The van der Waals surface area contributed by atoms with Crippen molar-refractivity contribution in [1.29, 1.82) is 0 Å². The number of hydrogen-bond acceptors (Lipinski definition) is 7. The van der Waals surface area contributed by atoms with Crippen LogP contribution in [-0.4, -0.2) is 31.1 Å². The van der Waals surface area contributed by atoms with Crippen LogP contribution in [0.5, 0.6) is 11.5 Å². The van der Waals surface area contributed by atoms with Crippen LogP contribution < -0.4 is 10.1 Å². The fraction of sp³-hybridized carbons (Fsp3) is 0.115. The third-order valence-electron chi connectivity index (χ3n) is 5.67. The monoisotopic (exact) mass is 573 g/mol. The highest BCUT2D eigenvalue weighted by atomic mass is 35.5. The number of phenolic OH excluding ortho intramolecular Hbond substituents is 1. The number of halogens is 2.